The first kappa shape index (κ1) is 25.9. The average molecular weight is 501 g/mol. The highest BCUT2D eigenvalue weighted by atomic mass is 35.5. The zero-order valence-electron chi connectivity index (χ0n) is 20.1. The Hall–Kier alpha value is -2.76. The van der Waals surface area contributed by atoms with Gasteiger partial charge in [0.05, 0.1) is 11.2 Å². The van der Waals surface area contributed by atoms with Crippen LogP contribution in [-0.4, -0.2) is 18.7 Å². The van der Waals surface area contributed by atoms with Gasteiger partial charge >= 0.3 is 0 Å². The molecule has 0 radical (unpaired) electrons. The molecule has 0 saturated carbocycles. The van der Waals surface area contributed by atoms with Crippen molar-refractivity contribution in [3.05, 3.63) is 76.0 Å². The fourth-order valence-electron chi connectivity index (χ4n) is 4.03. The highest BCUT2D eigenvalue weighted by molar-refractivity contribution is 6.35. The van der Waals surface area contributed by atoms with Crippen molar-refractivity contribution in [1.29, 1.82) is 0 Å². The van der Waals surface area contributed by atoms with Gasteiger partial charge in [-0.05, 0) is 65.3 Å². The van der Waals surface area contributed by atoms with Gasteiger partial charge in [0.15, 0.2) is 6.61 Å². The van der Waals surface area contributed by atoms with Crippen LogP contribution in [0, 0.1) is 5.41 Å². The van der Waals surface area contributed by atoms with Crippen molar-refractivity contribution in [3.63, 3.8) is 0 Å². The summed E-state index contributed by atoms with van der Waals surface area (Å²) in [4.78, 5) is 12.1. The Bertz CT molecular complexity index is 1160. The summed E-state index contributed by atoms with van der Waals surface area (Å²) in [7, 11) is 0. The Balaban J connectivity index is 1.50. The van der Waals surface area contributed by atoms with E-state index < -0.39 is 0 Å². The number of rotatable bonds is 8. The first-order valence-corrected chi connectivity index (χ1v) is 11.8. The lowest BCUT2D eigenvalue weighted by atomic mass is 9.72. The Kier molecular flexibility index (Phi) is 8.11. The maximum absolute atomic E-state index is 12.1. The van der Waals surface area contributed by atoms with E-state index in [4.69, 9.17) is 32.4 Å². The summed E-state index contributed by atoms with van der Waals surface area (Å²) in [5, 5.41) is 5.01. The average Bonchev–Trinajstić information content (AvgIpc) is 3.21. The molecule has 1 heterocycles. The van der Waals surface area contributed by atoms with Crippen LogP contribution in [0.5, 0.6) is 5.75 Å². The minimum absolute atomic E-state index is 0.0483. The number of carbonyl (C=O) groups excluding carboxylic acids is 1. The van der Waals surface area contributed by atoms with Crippen LogP contribution in [0.15, 0.2) is 64.1 Å². The predicted octanol–water partition coefficient (Wildman–Crippen LogP) is 7.50. The van der Waals surface area contributed by atoms with Crippen molar-refractivity contribution in [2.45, 2.75) is 46.5 Å². The normalized spacial score (nSPS) is 12.2. The Morgan fingerprint density at radius 3 is 2.41 bits per heavy atom. The molecule has 1 amide bonds. The van der Waals surface area contributed by atoms with Crippen LogP contribution < -0.4 is 10.2 Å². The number of nitrogens with zero attached hydrogens (tertiary/aromatic N) is 1. The van der Waals surface area contributed by atoms with E-state index in [2.05, 4.69) is 57.3 Å². The van der Waals surface area contributed by atoms with E-state index in [9.17, 15) is 4.79 Å². The number of nitrogens with one attached hydrogen (secondary N) is 1. The molecule has 34 heavy (non-hydrogen) atoms. The lowest BCUT2D eigenvalue weighted by Crippen LogP contribution is -2.25. The molecule has 0 aliphatic heterocycles. The van der Waals surface area contributed by atoms with Gasteiger partial charge in [-0.25, -0.2) is 5.43 Å². The van der Waals surface area contributed by atoms with E-state index in [1.807, 2.05) is 12.1 Å². The summed E-state index contributed by atoms with van der Waals surface area (Å²) < 4.78 is 11.3. The Morgan fingerprint density at radius 1 is 1.03 bits per heavy atom. The molecule has 0 bridgehead atoms. The van der Waals surface area contributed by atoms with Gasteiger partial charge in [-0.15, -0.1) is 0 Å². The lowest BCUT2D eigenvalue weighted by Gasteiger charge is -2.33. The maximum atomic E-state index is 12.1. The van der Waals surface area contributed by atoms with Gasteiger partial charge in [0, 0.05) is 10.6 Å². The number of hydrogen-bond acceptors (Lipinski definition) is 4. The van der Waals surface area contributed by atoms with Gasteiger partial charge < -0.3 is 9.15 Å². The molecule has 0 spiro atoms. The van der Waals surface area contributed by atoms with Crippen LogP contribution >= 0.6 is 23.2 Å². The molecular formula is C27H30Cl2N2O3. The summed E-state index contributed by atoms with van der Waals surface area (Å²) in [6.45, 7) is 11.1. The lowest BCUT2D eigenvalue weighted by molar-refractivity contribution is -0.123. The summed E-state index contributed by atoms with van der Waals surface area (Å²) >= 11 is 12.2. The molecule has 1 N–H and O–H groups in total. The summed E-state index contributed by atoms with van der Waals surface area (Å²) in [6, 6.07) is 16.5. The smallest absolute Gasteiger partial charge is 0.277 e. The van der Waals surface area contributed by atoms with Crippen molar-refractivity contribution >= 4 is 35.3 Å². The number of hydrazone groups is 1. The second-order valence-corrected chi connectivity index (χ2v) is 10.9. The number of amides is 1. The van der Waals surface area contributed by atoms with E-state index >= 15 is 0 Å². The highest BCUT2D eigenvalue weighted by Gasteiger charge is 2.27. The van der Waals surface area contributed by atoms with Crippen molar-refractivity contribution in [3.8, 4) is 17.1 Å². The SMILES string of the molecule is CC(C)(C)CC(C)(C)c1ccc(OCC(=O)NN=Cc2ccc(-c3cc(Cl)ccc3Cl)o2)cc1. The van der Waals surface area contributed by atoms with Crippen molar-refractivity contribution in [2.24, 2.45) is 10.5 Å². The molecular weight excluding hydrogens is 471 g/mol. The monoisotopic (exact) mass is 500 g/mol. The molecule has 3 aromatic rings. The number of benzene rings is 2. The Labute approximate surface area is 211 Å². The van der Waals surface area contributed by atoms with E-state index in [1.165, 1.54) is 11.8 Å². The molecule has 0 aliphatic carbocycles. The second kappa shape index (κ2) is 10.7. The first-order valence-electron chi connectivity index (χ1n) is 11.0. The van der Waals surface area contributed by atoms with E-state index in [-0.39, 0.29) is 23.3 Å². The fourth-order valence-corrected chi connectivity index (χ4v) is 4.42. The molecule has 5 nitrogen and oxygen atoms in total. The molecule has 7 heteroatoms. The minimum atomic E-state index is -0.377. The van der Waals surface area contributed by atoms with Gasteiger partial charge in [-0.3, -0.25) is 4.79 Å². The third-order valence-corrected chi connectivity index (χ3v) is 5.74. The molecule has 1 aromatic heterocycles. The molecule has 0 fully saturated rings. The quantitative estimate of drug-likeness (QED) is 0.257. The van der Waals surface area contributed by atoms with Crippen LogP contribution in [0.3, 0.4) is 0 Å². The number of furan rings is 1. The standard InChI is InChI=1S/C27H30Cl2N2O3/c1-26(2,3)17-27(4,5)18-6-9-20(10-7-18)33-16-25(32)31-30-15-21-11-13-24(34-21)22-14-19(28)8-12-23(22)29/h6-15H,16-17H2,1-5H3,(H,31,32). The van der Waals surface area contributed by atoms with Crippen LogP contribution in [0.2, 0.25) is 10.0 Å². The van der Waals surface area contributed by atoms with E-state index in [0.29, 0.717) is 32.9 Å². The Morgan fingerprint density at radius 2 is 1.74 bits per heavy atom. The molecule has 180 valence electrons. The number of hydrogen-bond donors (Lipinski definition) is 1. The summed E-state index contributed by atoms with van der Waals surface area (Å²) in [6.07, 6.45) is 2.47. The van der Waals surface area contributed by atoms with E-state index in [0.717, 1.165) is 6.42 Å². The molecule has 2 aromatic carbocycles. The third kappa shape index (κ3) is 7.37. The molecule has 3 rings (SSSR count). The predicted molar refractivity (Wildman–Crippen MR) is 139 cm³/mol. The summed E-state index contributed by atoms with van der Waals surface area (Å²) in [5.74, 6) is 1.26. The molecule has 0 atom stereocenters. The van der Waals surface area contributed by atoms with Crippen molar-refractivity contribution in [1.82, 2.24) is 5.43 Å². The minimum Gasteiger partial charge on any atom is -0.484 e. The first-order chi connectivity index (χ1) is 15.9. The second-order valence-electron chi connectivity index (χ2n) is 10.1. The van der Waals surface area contributed by atoms with Crippen LogP contribution in [0.1, 0.15) is 52.4 Å². The summed E-state index contributed by atoms with van der Waals surface area (Å²) in [5.41, 5.74) is 4.63. The number of ether oxygens (including phenoxy) is 1. The van der Waals surface area contributed by atoms with Gasteiger partial charge in [0.25, 0.3) is 5.91 Å². The maximum Gasteiger partial charge on any atom is 0.277 e. The van der Waals surface area contributed by atoms with E-state index in [1.54, 1.807) is 30.3 Å². The highest BCUT2D eigenvalue weighted by Crippen LogP contribution is 2.36. The van der Waals surface area contributed by atoms with Gasteiger partial charge in [-0.2, -0.15) is 5.10 Å². The van der Waals surface area contributed by atoms with Crippen molar-refractivity contribution < 1.29 is 13.9 Å². The zero-order valence-corrected chi connectivity index (χ0v) is 21.6. The molecule has 0 saturated heterocycles. The zero-order chi connectivity index (χ0) is 24.9. The largest absolute Gasteiger partial charge is 0.484 e. The third-order valence-electron chi connectivity index (χ3n) is 5.18. The van der Waals surface area contributed by atoms with Crippen molar-refractivity contribution in [2.75, 3.05) is 6.61 Å². The topological polar surface area (TPSA) is 63.8 Å². The number of halogens is 2. The van der Waals surface area contributed by atoms with Gasteiger partial charge in [0.1, 0.15) is 17.3 Å². The van der Waals surface area contributed by atoms with Crippen LogP contribution in [-0.2, 0) is 10.2 Å². The molecule has 0 aliphatic rings. The van der Waals surface area contributed by atoms with Crippen LogP contribution in [0.25, 0.3) is 11.3 Å². The van der Waals surface area contributed by atoms with Crippen LogP contribution in [0.4, 0.5) is 0 Å². The van der Waals surface area contributed by atoms with Gasteiger partial charge in [-0.1, -0.05) is 70.0 Å². The fraction of sp³-hybridized carbons (Fsp3) is 0.333. The number of carbonyl (C=O) groups is 1. The molecule has 0 unspecified atom stereocenters. The van der Waals surface area contributed by atoms with Gasteiger partial charge in [0.2, 0.25) is 0 Å².